The Morgan fingerprint density at radius 3 is 2.31 bits per heavy atom. The van der Waals surface area contributed by atoms with Gasteiger partial charge >= 0.3 is 0 Å². The van der Waals surface area contributed by atoms with Crippen LogP contribution in [0.2, 0.25) is 5.02 Å². The molecule has 1 heterocycles. The number of hydrazine groups is 1. The molecule has 0 atom stereocenters. The van der Waals surface area contributed by atoms with Gasteiger partial charge in [-0.2, -0.15) is 4.31 Å². The van der Waals surface area contributed by atoms with Crippen LogP contribution in [0.1, 0.15) is 30.1 Å². The number of piperidine rings is 1. The smallest absolute Gasteiger partial charge is 0.243 e. The van der Waals surface area contributed by atoms with Gasteiger partial charge in [-0.05, 0) is 50.1 Å². The molecule has 0 saturated carbocycles. The van der Waals surface area contributed by atoms with Gasteiger partial charge in [0, 0.05) is 29.6 Å². The highest BCUT2D eigenvalue weighted by molar-refractivity contribution is 7.89. The maximum atomic E-state index is 12.8. The third kappa shape index (κ3) is 5.14. The zero-order valence-corrected chi connectivity index (χ0v) is 17.5. The van der Waals surface area contributed by atoms with Crippen molar-refractivity contribution in [2.24, 2.45) is 5.92 Å². The van der Waals surface area contributed by atoms with Crippen LogP contribution in [0.5, 0.6) is 0 Å². The third-order valence-electron chi connectivity index (χ3n) is 4.88. The summed E-state index contributed by atoms with van der Waals surface area (Å²) in [5.41, 5.74) is 6.60. The molecule has 1 saturated heterocycles. The summed E-state index contributed by atoms with van der Waals surface area (Å²) >= 11 is 5.91. The van der Waals surface area contributed by atoms with Gasteiger partial charge in [0.05, 0.1) is 10.6 Å². The van der Waals surface area contributed by atoms with E-state index >= 15 is 0 Å². The van der Waals surface area contributed by atoms with E-state index in [1.807, 2.05) is 0 Å². The van der Waals surface area contributed by atoms with E-state index in [-0.39, 0.29) is 35.6 Å². The molecule has 1 aliphatic heterocycles. The number of benzene rings is 2. The van der Waals surface area contributed by atoms with Crippen molar-refractivity contribution < 1.29 is 18.0 Å². The molecular weight excluding hydrogens is 414 g/mol. The molecule has 2 aromatic rings. The molecule has 0 aliphatic carbocycles. The molecule has 154 valence electrons. The van der Waals surface area contributed by atoms with Gasteiger partial charge in [0.25, 0.3) is 0 Å². The highest BCUT2D eigenvalue weighted by Crippen LogP contribution is 2.24. The molecule has 0 aromatic heterocycles. The van der Waals surface area contributed by atoms with E-state index in [9.17, 15) is 18.0 Å². The molecular formula is C20H22ClN3O4S. The minimum atomic E-state index is -3.65. The summed E-state index contributed by atoms with van der Waals surface area (Å²) in [6, 6.07) is 12.9. The molecule has 1 amide bonds. The van der Waals surface area contributed by atoms with Crippen molar-refractivity contribution in [3.8, 4) is 0 Å². The van der Waals surface area contributed by atoms with Crippen LogP contribution in [0.4, 0.5) is 5.69 Å². The average molecular weight is 436 g/mol. The topological polar surface area (TPSA) is 95.6 Å². The number of nitrogens with zero attached hydrogens (tertiary/aromatic N) is 1. The normalized spacial score (nSPS) is 15.7. The quantitative estimate of drug-likeness (QED) is 0.537. The molecule has 0 spiro atoms. The van der Waals surface area contributed by atoms with Crippen LogP contribution in [0.3, 0.4) is 0 Å². The third-order valence-corrected chi connectivity index (χ3v) is 7.03. The van der Waals surface area contributed by atoms with Crippen molar-refractivity contribution in [2.75, 3.05) is 18.5 Å². The van der Waals surface area contributed by atoms with Crippen LogP contribution >= 0.6 is 11.6 Å². The van der Waals surface area contributed by atoms with Crippen molar-refractivity contribution in [2.45, 2.75) is 24.7 Å². The number of rotatable bonds is 6. The highest BCUT2D eigenvalue weighted by atomic mass is 35.5. The van der Waals surface area contributed by atoms with Gasteiger partial charge < -0.3 is 0 Å². The Hall–Kier alpha value is -2.42. The summed E-state index contributed by atoms with van der Waals surface area (Å²) in [5.74, 6) is -0.590. The maximum absolute atomic E-state index is 12.8. The number of carbonyl (C=O) groups is 2. The molecule has 1 aliphatic rings. The van der Waals surface area contributed by atoms with Gasteiger partial charge in [-0.3, -0.25) is 20.4 Å². The predicted octanol–water partition coefficient (Wildman–Crippen LogP) is 3.09. The van der Waals surface area contributed by atoms with Gasteiger partial charge in [0.1, 0.15) is 0 Å². The lowest BCUT2D eigenvalue weighted by atomic mass is 9.98. The van der Waals surface area contributed by atoms with E-state index in [1.54, 1.807) is 24.3 Å². The number of carbonyl (C=O) groups excluding carboxylic acids is 2. The van der Waals surface area contributed by atoms with E-state index in [0.717, 1.165) is 0 Å². The number of hydrogen-bond acceptors (Lipinski definition) is 5. The first-order valence-corrected chi connectivity index (χ1v) is 11.0. The number of nitrogens with one attached hydrogen (secondary N) is 2. The molecule has 0 radical (unpaired) electrons. The van der Waals surface area contributed by atoms with Crippen LogP contribution in [0, 0.1) is 5.92 Å². The van der Waals surface area contributed by atoms with Crippen LogP contribution in [-0.4, -0.2) is 37.5 Å². The Kier molecular flexibility index (Phi) is 6.56. The Morgan fingerprint density at radius 1 is 1.07 bits per heavy atom. The molecule has 9 heteroatoms. The van der Waals surface area contributed by atoms with Crippen LogP contribution < -0.4 is 10.9 Å². The molecule has 29 heavy (non-hydrogen) atoms. The monoisotopic (exact) mass is 435 g/mol. The van der Waals surface area contributed by atoms with E-state index in [0.29, 0.717) is 29.1 Å². The van der Waals surface area contributed by atoms with Crippen molar-refractivity contribution in [1.29, 1.82) is 0 Å². The lowest BCUT2D eigenvalue weighted by Gasteiger charge is -2.30. The first-order chi connectivity index (χ1) is 13.8. The van der Waals surface area contributed by atoms with Crippen molar-refractivity contribution in [3.63, 3.8) is 0 Å². The fourth-order valence-electron chi connectivity index (χ4n) is 3.17. The highest BCUT2D eigenvalue weighted by Gasteiger charge is 2.32. The summed E-state index contributed by atoms with van der Waals surface area (Å²) in [5, 5.41) is 0.555. The van der Waals surface area contributed by atoms with Gasteiger partial charge in [0.15, 0.2) is 5.78 Å². The number of hydrogen-bond donors (Lipinski definition) is 2. The SMILES string of the molecule is CC(=O)c1ccc(S(=O)(=O)N2CCC(C(=O)NNc3cccc(Cl)c3)CC2)cc1. The molecule has 1 fully saturated rings. The minimum Gasteiger partial charge on any atom is -0.299 e. The summed E-state index contributed by atoms with van der Waals surface area (Å²) in [4.78, 5) is 23.9. The van der Waals surface area contributed by atoms with E-state index < -0.39 is 10.0 Å². The largest absolute Gasteiger partial charge is 0.299 e. The fraction of sp³-hybridized carbons (Fsp3) is 0.300. The summed E-state index contributed by atoms with van der Waals surface area (Å²) in [6.07, 6.45) is 0.849. The summed E-state index contributed by atoms with van der Waals surface area (Å²) < 4.78 is 27.0. The molecule has 0 bridgehead atoms. The fourth-order valence-corrected chi connectivity index (χ4v) is 4.83. The predicted molar refractivity (Wildman–Crippen MR) is 111 cm³/mol. The van der Waals surface area contributed by atoms with Gasteiger partial charge in [-0.15, -0.1) is 0 Å². The second-order valence-electron chi connectivity index (χ2n) is 6.88. The van der Waals surface area contributed by atoms with Gasteiger partial charge in [-0.1, -0.05) is 29.8 Å². The first kappa shape index (κ1) is 21.3. The summed E-state index contributed by atoms with van der Waals surface area (Å²) in [7, 11) is -3.65. The molecule has 0 unspecified atom stereocenters. The molecule has 7 nitrogen and oxygen atoms in total. The average Bonchev–Trinajstić information content (AvgIpc) is 2.72. The zero-order chi connectivity index (χ0) is 21.0. The lowest BCUT2D eigenvalue weighted by Crippen LogP contribution is -2.44. The van der Waals surface area contributed by atoms with Crippen molar-refractivity contribution in [1.82, 2.24) is 9.73 Å². The van der Waals surface area contributed by atoms with E-state index in [2.05, 4.69) is 10.9 Å². The van der Waals surface area contributed by atoms with Gasteiger partial charge in [0.2, 0.25) is 15.9 Å². The van der Waals surface area contributed by atoms with Crippen molar-refractivity contribution in [3.05, 3.63) is 59.1 Å². The van der Waals surface area contributed by atoms with E-state index in [1.165, 1.54) is 35.5 Å². The molecule has 2 aromatic carbocycles. The minimum absolute atomic E-state index is 0.118. The Morgan fingerprint density at radius 2 is 1.72 bits per heavy atom. The standard InChI is InChI=1S/C20H22ClN3O4S/c1-14(25)15-5-7-19(8-6-15)29(27,28)24-11-9-16(10-12-24)20(26)23-22-18-4-2-3-17(21)13-18/h2-8,13,16,22H,9-12H2,1H3,(H,23,26). The second kappa shape index (κ2) is 8.94. The zero-order valence-electron chi connectivity index (χ0n) is 15.9. The van der Waals surface area contributed by atoms with Crippen LogP contribution in [0.15, 0.2) is 53.4 Å². The number of anilines is 1. The van der Waals surface area contributed by atoms with Crippen molar-refractivity contribution >= 4 is 39.0 Å². The molecule has 2 N–H and O–H groups in total. The number of sulfonamides is 1. The number of ketones is 1. The Bertz CT molecular complexity index is 1000. The molecule has 3 rings (SSSR count). The van der Waals surface area contributed by atoms with Gasteiger partial charge in [-0.25, -0.2) is 8.42 Å². The lowest BCUT2D eigenvalue weighted by molar-refractivity contribution is -0.125. The Labute approximate surface area is 175 Å². The first-order valence-electron chi connectivity index (χ1n) is 9.20. The number of amides is 1. The van der Waals surface area contributed by atoms with Crippen LogP contribution in [0.25, 0.3) is 0 Å². The maximum Gasteiger partial charge on any atom is 0.243 e. The number of halogens is 1. The second-order valence-corrected chi connectivity index (χ2v) is 9.26. The van der Waals surface area contributed by atoms with Crippen LogP contribution in [-0.2, 0) is 14.8 Å². The number of Topliss-reactive ketones (excluding diaryl/α,β-unsaturated/α-hetero) is 1. The van der Waals surface area contributed by atoms with E-state index in [4.69, 9.17) is 11.6 Å². The Balaban J connectivity index is 1.56. The summed E-state index contributed by atoms with van der Waals surface area (Å²) in [6.45, 7) is 1.94.